The Kier molecular flexibility index (Phi) is 26.2. The Morgan fingerprint density at radius 3 is 1.54 bits per heavy atom. The monoisotopic (exact) mass is 658 g/mol. The number of imide groups is 1. The van der Waals surface area contributed by atoms with Crippen LogP contribution in [0.25, 0.3) is 0 Å². The molecule has 0 unspecified atom stereocenters. The number of hydrogen-bond donors (Lipinski definition) is 0. The summed E-state index contributed by atoms with van der Waals surface area (Å²) in [4.78, 5) is 25.7. The van der Waals surface area contributed by atoms with Gasteiger partial charge in [-0.3, -0.25) is 4.79 Å². The minimum atomic E-state index is -0.540. The van der Waals surface area contributed by atoms with E-state index in [1.807, 2.05) is 35.9 Å². The standard InChI is InChI=1S/C33H59N2O3.HI/c1-4-6-7-8-9-10-11-12-13-14-15-16-17-18-19-20-21-22-23-26-29-38-33(37)35(31(3)36)30-32-27-24-25-28-34(32)5-2;/h24-25,27-28H,4-23,26,29-30H2,1-3H3;1H/q+1;/p-1. The first-order valence-electron chi connectivity index (χ1n) is 16.0. The molecule has 1 aromatic heterocycles. The summed E-state index contributed by atoms with van der Waals surface area (Å²) in [6.07, 6.45) is 28.3. The zero-order valence-corrected chi connectivity index (χ0v) is 27.7. The number of hydrogen-bond acceptors (Lipinski definition) is 3. The minimum Gasteiger partial charge on any atom is -1.00 e. The Morgan fingerprint density at radius 2 is 1.13 bits per heavy atom. The molecule has 0 N–H and O–H groups in total. The molecule has 0 bridgehead atoms. The van der Waals surface area contributed by atoms with Gasteiger partial charge in [-0.25, -0.2) is 14.3 Å². The number of aryl methyl sites for hydroxylation is 1. The second-order valence-corrected chi connectivity index (χ2v) is 10.9. The second kappa shape index (κ2) is 27.0. The molecule has 0 spiro atoms. The highest BCUT2D eigenvalue weighted by atomic mass is 127. The lowest BCUT2D eigenvalue weighted by atomic mass is 10.0. The molecule has 0 saturated heterocycles. The topological polar surface area (TPSA) is 50.5 Å². The number of carbonyl (C=O) groups excluding carboxylic acids is 2. The molecule has 0 radical (unpaired) electrons. The van der Waals surface area contributed by atoms with Crippen LogP contribution >= 0.6 is 0 Å². The van der Waals surface area contributed by atoms with Crippen LogP contribution in [0.15, 0.2) is 24.4 Å². The molecule has 0 aromatic carbocycles. The molecule has 0 aliphatic heterocycles. The normalized spacial score (nSPS) is 10.7. The summed E-state index contributed by atoms with van der Waals surface area (Å²) in [7, 11) is 0. The van der Waals surface area contributed by atoms with Gasteiger partial charge in [-0.2, -0.15) is 0 Å². The number of pyridine rings is 1. The number of rotatable bonds is 24. The maximum atomic E-state index is 12.5. The van der Waals surface area contributed by atoms with Crippen molar-refractivity contribution in [1.29, 1.82) is 0 Å². The first kappa shape index (κ1) is 37.8. The molecule has 0 aliphatic rings. The van der Waals surface area contributed by atoms with Gasteiger partial charge in [-0.15, -0.1) is 0 Å². The van der Waals surface area contributed by atoms with Crippen LogP contribution in [0, 0.1) is 0 Å². The molecule has 6 heteroatoms. The van der Waals surface area contributed by atoms with Crippen LogP contribution in [0.5, 0.6) is 0 Å². The third kappa shape index (κ3) is 20.4. The molecule has 226 valence electrons. The summed E-state index contributed by atoms with van der Waals surface area (Å²) in [5.41, 5.74) is 0.918. The quantitative estimate of drug-likeness (QED) is 0.0744. The molecule has 39 heavy (non-hydrogen) atoms. The van der Waals surface area contributed by atoms with Crippen molar-refractivity contribution < 1.29 is 42.9 Å². The van der Waals surface area contributed by atoms with Crippen molar-refractivity contribution in [2.45, 2.75) is 162 Å². The third-order valence-corrected chi connectivity index (χ3v) is 7.52. The van der Waals surface area contributed by atoms with Gasteiger partial charge in [-0.05, 0) is 13.3 Å². The highest BCUT2D eigenvalue weighted by molar-refractivity contribution is 5.90. The van der Waals surface area contributed by atoms with Crippen molar-refractivity contribution >= 4 is 12.0 Å². The van der Waals surface area contributed by atoms with E-state index in [2.05, 4.69) is 6.92 Å². The summed E-state index contributed by atoms with van der Waals surface area (Å²) < 4.78 is 7.43. The average molecular weight is 659 g/mol. The lowest BCUT2D eigenvalue weighted by Gasteiger charge is -2.17. The van der Waals surface area contributed by atoms with E-state index in [-0.39, 0.29) is 36.4 Å². The van der Waals surface area contributed by atoms with E-state index >= 15 is 0 Å². The van der Waals surface area contributed by atoms with Gasteiger partial charge < -0.3 is 28.7 Å². The molecule has 1 heterocycles. The Morgan fingerprint density at radius 1 is 0.692 bits per heavy atom. The fraction of sp³-hybridized carbons (Fsp3) is 0.788. The van der Waals surface area contributed by atoms with E-state index in [1.54, 1.807) is 0 Å². The van der Waals surface area contributed by atoms with Gasteiger partial charge in [-0.1, -0.05) is 135 Å². The zero-order chi connectivity index (χ0) is 27.7. The molecule has 5 nitrogen and oxygen atoms in total. The zero-order valence-electron chi connectivity index (χ0n) is 25.6. The highest BCUT2D eigenvalue weighted by Crippen LogP contribution is 2.15. The van der Waals surface area contributed by atoms with Gasteiger partial charge >= 0.3 is 6.09 Å². The predicted molar refractivity (Wildman–Crippen MR) is 158 cm³/mol. The van der Waals surface area contributed by atoms with Crippen LogP contribution in [0.2, 0.25) is 0 Å². The Hall–Kier alpha value is -1.18. The molecule has 2 amide bonds. The van der Waals surface area contributed by atoms with Crippen LogP contribution in [0.1, 0.15) is 155 Å². The fourth-order valence-corrected chi connectivity index (χ4v) is 5.02. The van der Waals surface area contributed by atoms with Gasteiger partial charge in [0.25, 0.3) is 0 Å². The van der Waals surface area contributed by atoms with E-state index in [1.165, 1.54) is 127 Å². The first-order chi connectivity index (χ1) is 18.6. The van der Waals surface area contributed by atoms with Crippen LogP contribution in [-0.2, 0) is 22.6 Å². The number of unbranched alkanes of at least 4 members (excludes halogenated alkanes) is 19. The smallest absolute Gasteiger partial charge is 0.417 e. The van der Waals surface area contributed by atoms with E-state index in [9.17, 15) is 9.59 Å². The number of amides is 2. The van der Waals surface area contributed by atoms with E-state index in [0.717, 1.165) is 25.1 Å². The average Bonchev–Trinajstić information content (AvgIpc) is 2.92. The van der Waals surface area contributed by atoms with E-state index < -0.39 is 6.09 Å². The summed E-state index contributed by atoms with van der Waals surface area (Å²) in [5.74, 6) is -0.287. The minimum absolute atomic E-state index is 0. The lowest BCUT2D eigenvalue weighted by Crippen LogP contribution is -3.00. The summed E-state index contributed by atoms with van der Waals surface area (Å²) >= 11 is 0. The highest BCUT2D eigenvalue weighted by Gasteiger charge is 2.23. The Balaban J connectivity index is 0.0000144. The molecule has 0 atom stereocenters. The molecule has 0 aliphatic carbocycles. The number of carbonyl (C=O) groups is 2. The Bertz CT molecular complexity index is 729. The molecule has 1 aromatic rings. The second-order valence-electron chi connectivity index (χ2n) is 10.9. The SMILES string of the molecule is CCCCCCCCCCCCCCCCCCCCCCOC(=O)N(Cc1cccc[n+]1CC)C(C)=O.[I-]. The van der Waals surface area contributed by atoms with Crippen molar-refractivity contribution in [3.05, 3.63) is 30.1 Å². The number of ether oxygens (including phenoxy) is 1. The van der Waals surface area contributed by atoms with Crippen molar-refractivity contribution in [3.8, 4) is 0 Å². The number of halogens is 1. The summed E-state index contributed by atoms with van der Waals surface area (Å²) in [5, 5.41) is 0. The van der Waals surface area contributed by atoms with Crippen molar-refractivity contribution in [3.63, 3.8) is 0 Å². The van der Waals surface area contributed by atoms with Gasteiger partial charge in [0.05, 0.1) is 6.61 Å². The van der Waals surface area contributed by atoms with Gasteiger partial charge in [0.1, 0.15) is 13.1 Å². The largest absolute Gasteiger partial charge is 1.00 e. The maximum Gasteiger partial charge on any atom is 0.417 e. The lowest BCUT2D eigenvalue weighted by molar-refractivity contribution is -0.701. The molecule has 1 rings (SSSR count). The van der Waals surface area contributed by atoms with Crippen molar-refractivity contribution in [2.24, 2.45) is 0 Å². The predicted octanol–water partition coefficient (Wildman–Crippen LogP) is 6.31. The van der Waals surface area contributed by atoms with Crippen LogP contribution < -0.4 is 28.5 Å². The van der Waals surface area contributed by atoms with Crippen molar-refractivity contribution in [2.75, 3.05) is 6.61 Å². The van der Waals surface area contributed by atoms with Crippen LogP contribution in [-0.4, -0.2) is 23.5 Å². The Labute approximate surface area is 257 Å². The number of nitrogens with zero attached hydrogens (tertiary/aromatic N) is 2. The van der Waals surface area contributed by atoms with Gasteiger partial charge in [0.15, 0.2) is 6.20 Å². The molecule has 0 fully saturated rings. The first-order valence-corrected chi connectivity index (χ1v) is 16.0. The van der Waals surface area contributed by atoms with Gasteiger partial charge in [0.2, 0.25) is 11.6 Å². The maximum absolute atomic E-state index is 12.5. The van der Waals surface area contributed by atoms with Gasteiger partial charge in [0, 0.05) is 19.1 Å². The summed E-state index contributed by atoms with van der Waals surface area (Å²) in [6, 6.07) is 5.80. The van der Waals surface area contributed by atoms with Crippen LogP contribution in [0.3, 0.4) is 0 Å². The molecule has 0 saturated carbocycles. The molecular formula is C33H59IN2O3. The fourth-order valence-electron chi connectivity index (χ4n) is 5.02. The van der Waals surface area contributed by atoms with Crippen LogP contribution in [0.4, 0.5) is 4.79 Å². The van der Waals surface area contributed by atoms with E-state index in [4.69, 9.17) is 4.74 Å². The molecular weight excluding hydrogens is 599 g/mol. The van der Waals surface area contributed by atoms with Crippen molar-refractivity contribution in [1.82, 2.24) is 4.90 Å². The number of aromatic nitrogens is 1. The third-order valence-electron chi connectivity index (χ3n) is 7.52. The summed E-state index contributed by atoms with van der Waals surface area (Å²) in [6.45, 7) is 7.15. The van der Waals surface area contributed by atoms with E-state index in [0.29, 0.717) is 6.61 Å².